The first-order valence-corrected chi connectivity index (χ1v) is 6.75. The molecule has 6 heteroatoms. The van der Waals surface area contributed by atoms with Gasteiger partial charge in [0.05, 0.1) is 0 Å². The molecule has 1 aromatic carbocycles. The number of sulfone groups is 1. The number of carbonyl (C=O) groups is 2. The Kier molecular flexibility index (Phi) is 4.38. The molecule has 0 saturated heterocycles. The highest BCUT2D eigenvalue weighted by Crippen LogP contribution is 2.05. The lowest BCUT2D eigenvalue weighted by molar-refractivity contribution is -0.134. The molecular weight excluding hydrogens is 256 g/mol. The Morgan fingerprint density at radius 2 is 1.78 bits per heavy atom. The van der Waals surface area contributed by atoms with Crippen LogP contribution in [-0.2, 0) is 14.6 Å². The molecule has 1 aromatic rings. The topological polar surface area (TPSA) is 88.5 Å². The zero-order valence-electron chi connectivity index (χ0n) is 9.66. The van der Waals surface area contributed by atoms with Crippen LogP contribution in [0, 0.1) is 6.92 Å². The molecule has 0 atom stereocenters. The minimum Gasteiger partial charge on any atom is -0.480 e. The van der Waals surface area contributed by atoms with Gasteiger partial charge in [-0.25, -0.2) is 8.42 Å². The molecule has 96 valence electrons. The Balaban J connectivity index is 2.82. The van der Waals surface area contributed by atoms with Crippen molar-refractivity contribution in [3.63, 3.8) is 0 Å². The Bertz CT molecular complexity index is 581. The van der Waals surface area contributed by atoms with Crippen molar-refractivity contribution < 1.29 is 23.1 Å². The summed E-state index contributed by atoms with van der Waals surface area (Å²) in [7, 11) is -3.89. The van der Waals surface area contributed by atoms with Crippen LogP contribution in [0.2, 0.25) is 0 Å². The van der Waals surface area contributed by atoms with E-state index in [9.17, 15) is 18.0 Å². The third-order valence-electron chi connectivity index (χ3n) is 2.09. The molecule has 0 aromatic heterocycles. The van der Waals surface area contributed by atoms with E-state index in [0.29, 0.717) is 11.0 Å². The Morgan fingerprint density at radius 3 is 2.28 bits per heavy atom. The summed E-state index contributed by atoms with van der Waals surface area (Å²) in [6, 6.07) is 6.61. The molecule has 5 nitrogen and oxygen atoms in total. The van der Waals surface area contributed by atoms with Gasteiger partial charge in [0.1, 0.15) is 0 Å². The normalized spacial score (nSPS) is 11.6. The molecule has 0 aliphatic rings. The summed E-state index contributed by atoms with van der Waals surface area (Å²) in [5, 5.41) is 8.99. The number of carboxylic acids is 1. The number of hydrogen-bond acceptors (Lipinski definition) is 4. The highest BCUT2D eigenvalue weighted by Gasteiger charge is 2.12. The van der Waals surface area contributed by atoms with Gasteiger partial charge in [-0.3, -0.25) is 9.59 Å². The number of aliphatic carboxylic acids is 1. The lowest BCUT2D eigenvalue weighted by Gasteiger charge is -1.97. The second-order valence-electron chi connectivity index (χ2n) is 3.73. The van der Waals surface area contributed by atoms with E-state index in [1.807, 2.05) is 6.92 Å². The fourth-order valence-electron chi connectivity index (χ4n) is 1.20. The van der Waals surface area contributed by atoms with E-state index in [1.165, 1.54) is 0 Å². The zero-order chi connectivity index (χ0) is 13.8. The van der Waals surface area contributed by atoms with Gasteiger partial charge >= 0.3 is 5.97 Å². The zero-order valence-corrected chi connectivity index (χ0v) is 10.5. The number of ketones is 1. The molecule has 0 aliphatic carbocycles. The van der Waals surface area contributed by atoms with Crippen molar-refractivity contribution in [1.29, 1.82) is 0 Å². The quantitative estimate of drug-likeness (QED) is 0.640. The molecule has 0 saturated carbocycles. The number of allylic oxidation sites excluding steroid dienone is 1. The van der Waals surface area contributed by atoms with Crippen LogP contribution < -0.4 is 0 Å². The first-order chi connectivity index (χ1) is 8.30. The average Bonchev–Trinajstić information content (AvgIpc) is 2.25. The minimum absolute atomic E-state index is 0.349. The summed E-state index contributed by atoms with van der Waals surface area (Å²) in [5.74, 6) is -2.96. The Labute approximate surface area is 105 Å². The number of hydrogen-bond donors (Lipinski definition) is 1. The highest BCUT2D eigenvalue weighted by molar-refractivity contribution is 7.94. The van der Waals surface area contributed by atoms with E-state index in [4.69, 9.17) is 5.11 Å². The molecule has 0 radical (unpaired) electrons. The van der Waals surface area contributed by atoms with Gasteiger partial charge in [0, 0.05) is 11.0 Å². The molecule has 1 rings (SSSR count). The van der Waals surface area contributed by atoms with E-state index in [-0.39, 0.29) is 0 Å². The second-order valence-corrected chi connectivity index (χ2v) is 5.62. The predicted molar refractivity (Wildman–Crippen MR) is 66.1 cm³/mol. The van der Waals surface area contributed by atoms with Crippen LogP contribution in [0.3, 0.4) is 0 Å². The molecular formula is C12H12O5S. The van der Waals surface area contributed by atoms with Gasteiger partial charge in [-0.1, -0.05) is 29.8 Å². The lowest BCUT2D eigenvalue weighted by Crippen LogP contribution is -2.12. The Hall–Kier alpha value is -1.95. The molecule has 0 unspecified atom stereocenters. The first kappa shape index (κ1) is 14.1. The lowest BCUT2D eigenvalue weighted by atomic mass is 10.1. The summed E-state index contributed by atoms with van der Waals surface area (Å²) < 4.78 is 22.4. The van der Waals surface area contributed by atoms with E-state index in [0.717, 1.165) is 11.6 Å². The second kappa shape index (κ2) is 5.59. The molecule has 0 spiro atoms. The molecule has 1 N–H and O–H groups in total. The van der Waals surface area contributed by atoms with Crippen molar-refractivity contribution in [3.05, 3.63) is 46.9 Å². The van der Waals surface area contributed by atoms with Crippen LogP contribution in [0.15, 0.2) is 35.7 Å². The SMILES string of the molecule is Cc1ccc(C(=O)C=CS(=O)(=O)CC(=O)O)cc1. The summed E-state index contributed by atoms with van der Waals surface area (Å²) in [5.41, 5.74) is 1.33. The third kappa shape index (κ3) is 4.50. The number of aryl methyl sites for hydroxylation is 1. The average molecular weight is 268 g/mol. The van der Waals surface area contributed by atoms with Crippen LogP contribution in [0.25, 0.3) is 0 Å². The van der Waals surface area contributed by atoms with E-state index < -0.39 is 27.3 Å². The van der Waals surface area contributed by atoms with Gasteiger partial charge in [-0.2, -0.15) is 0 Å². The minimum atomic E-state index is -3.89. The van der Waals surface area contributed by atoms with Crippen molar-refractivity contribution in [2.45, 2.75) is 6.92 Å². The van der Waals surface area contributed by atoms with Crippen LogP contribution in [0.1, 0.15) is 15.9 Å². The summed E-state index contributed by atoms with van der Waals surface area (Å²) in [6.07, 6.45) is 0.864. The fourth-order valence-corrected chi connectivity index (χ4v) is 1.97. The number of benzene rings is 1. The molecule has 0 heterocycles. The van der Waals surface area contributed by atoms with E-state index in [1.54, 1.807) is 24.3 Å². The maximum atomic E-state index is 11.6. The first-order valence-electron chi connectivity index (χ1n) is 5.04. The molecule has 0 bridgehead atoms. The van der Waals surface area contributed by atoms with Gasteiger partial charge in [0.15, 0.2) is 21.4 Å². The summed E-state index contributed by atoms with van der Waals surface area (Å²) >= 11 is 0. The molecule has 18 heavy (non-hydrogen) atoms. The van der Waals surface area contributed by atoms with Gasteiger partial charge < -0.3 is 5.11 Å². The van der Waals surface area contributed by atoms with E-state index >= 15 is 0 Å². The standard InChI is InChI=1S/C12H12O5S/c1-9-2-4-10(5-3-9)11(13)6-7-18(16,17)8-12(14)15/h2-7H,8H2,1H3,(H,14,15). The third-order valence-corrected chi connectivity index (χ3v) is 3.29. The van der Waals surface area contributed by atoms with Crippen molar-refractivity contribution in [2.24, 2.45) is 0 Å². The molecule has 0 fully saturated rings. The van der Waals surface area contributed by atoms with Gasteiger partial charge in [0.2, 0.25) is 0 Å². The summed E-state index contributed by atoms with van der Waals surface area (Å²) in [4.78, 5) is 21.9. The number of carbonyl (C=O) groups excluding carboxylic acids is 1. The van der Waals surface area contributed by atoms with Crippen LogP contribution in [-0.4, -0.2) is 31.0 Å². The molecule has 0 amide bonds. The van der Waals surface area contributed by atoms with Crippen molar-refractivity contribution in [3.8, 4) is 0 Å². The fraction of sp³-hybridized carbons (Fsp3) is 0.167. The van der Waals surface area contributed by atoms with Crippen LogP contribution >= 0.6 is 0 Å². The van der Waals surface area contributed by atoms with Crippen molar-refractivity contribution in [2.75, 3.05) is 5.75 Å². The Morgan fingerprint density at radius 1 is 1.22 bits per heavy atom. The predicted octanol–water partition coefficient (Wildman–Crippen LogP) is 1.19. The van der Waals surface area contributed by atoms with E-state index in [2.05, 4.69) is 0 Å². The smallest absolute Gasteiger partial charge is 0.319 e. The van der Waals surface area contributed by atoms with Crippen LogP contribution in [0.4, 0.5) is 0 Å². The van der Waals surface area contributed by atoms with Crippen molar-refractivity contribution in [1.82, 2.24) is 0 Å². The highest BCUT2D eigenvalue weighted by atomic mass is 32.2. The van der Waals surface area contributed by atoms with Gasteiger partial charge in [-0.15, -0.1) is 0 Å². The summed E-state index contributed by atoms with van der Waals surface area (Å²) in [6.45, 7) is 1.86. The van der Waals surface area contributed by atoms with Crippen LogP contribution in [0.5, 0.6) is 0 Å². The largest absolute Gasteiger partial charge is 0.480 e. The monoisotopic (exact) mass is 268 g/mol. The van der Waals surface area contributed by atoms with Gasteiger partial charge in [0.25, 0.3) is 0 Å². The number of carboxylic acid groups (broad SMARTS) is 1. The molecule has 0 aliphatic heterocycles. The maximum Gasteiger partial charge on any atom is 0.319 e. The number of rotatable bonds is 5. The maximum absolute atomic E-state index is 11.6. The van der Waals surface area contributed by atoms with Crippen molar-refractivity contribution >= 4 is 21.6 Å². The van der Waals surface area contributed by atoms with Gasteiger partial charge in [-0.05, 0) is 13.0 Å².